The summed E-state index contributed by atoms with van der Waals surface area (Å²) < 4.78 is 30.0. The van der Waals surface area contributed by atoms with Gasteiger partial charge in [0.25, 0.3) is 5.76 Å². The number of carbonyl (C=O) groups excluding carboxylic acids is 2. The Labute approximate surface area is 141 Å². The van der Waals surface area contributed by atoms with Crippen LogP contribution in [0.4, 0.5) is 19.3 Å². The number of amides is 3. The van der Waals surface area contributed by atoms with Crippen molar-refractivity contribution in [1.29, 1.82) is 0 Å². The van der Waals surface area contributed by atoms with Crippen LogP contribution in [0.1, 0.15) is 5.76 Å². The van der Waals surface area contributed by atoms with Gasteiger partial charge in [0.15, 0.2) is 0 Å². The van der Waals surface area contributed by atoms with Crippen LogP contribution in [-0.2, 0) is 11.3 Å². The molecule has 0 fully saturated rings. The molecule has 0 radical (unpaired) electrons. The Balaban J connectivity index is 1.77. The van der Waals surface area contributed by atoms with E-state index in [0.29, 0.717) is 28.1 Å². The minimum atomic E-state index is -2.56. The highest BCUT2D eigenvalue weighted by Crippen LogP contribution is 2.31. The average molecular weight is 355 g/mol. The second-order valence-corrected chi connectivity index (χ2v) is 5.57. The van der Waals surface area contributed by atoms with Gasteiger partial charge in [0, 0.05) is 10.6 Å². The number of alkyl halides is 2. The number of hydrogen-bond acceptors (Lipinski definition) is 5. The molecule has 3 amide bonds. The number of furan rings is 1. The van der Waals surface area contributed by atoms with Crippen LogP contribution in [-0.4, -0.2) is 24.2 Å². The Morgan fingerprint density at radius 1 is 1.17 bits per heavy atom. The summed E-state index contributed by atoms with van der Waals surface area (Å²) in [4.78, 5) is 23.6. The van der Waals surface area contributed by atoms with Gasteiger partial charge in [-0.15, -0.1) is 0 Å². The molecule has 0 atom stereocenters. The molecule has 2 rings (SSSR count). The third-order valence-electron chi connectivity index (χ3n) is 2.80. The normalized spacial score (nSPS) is 10.5. The van der Waals surface area contributed by atoms with E-state index in [1.54, 1.807) is 30.3 Å². The van der Waals surface area contributed by atoms with Gasteiger partial charge >= 0.3 is 6.03 Å². The minimum absolute atomic E-state index is 0.146. The molecule has 1 heterocycles. The second kappa shape index (κ2) is 8.92. The van der Waals surface area contributed by atoms with Gasteiger partial charge in [-0.05, 0) is 24.3 Å². The lowest BCUT2D eigenvalue weighted by molar-refractivity contribution is -0.118. The number of urea groups is 1. The third kappa shape index (κ3) is 5.92. The van der Waals surface area contributed by atoms with Crippen molar-refractivity contribution in [3.63, 3.8) is 0 Å². The number of rotatable bonds is 7. The van der Waals surface area contributed by atoms with Gasteiger partial charge in [0.1, 0.15) is 5.76 Å². The molecule has 9 heteroatoms. The van der Waals surface area contributed by atoms with Crippen LogP contribution in [0.2, 0.25) is 0 Å². The lowest BCUT2D eigenvalue weighted by Gasteiger charge is -2.11. The van der Waals surface area contributed by atoms with Crippen LogP contribution in [0.15, 0.2) is 52.0 Å². The fourth-order valence-electron chi connectivity index (χ4n) is 1.78. The summed E-state index contributed by atoms with van der Waals surface area (Å²) in [5.74, 6) is -2.60. The molecule has 1 aromatic carbocycles. The highest BCUT2D eigenvalue weighted by Gasteiger charge is 2.12. The van der Waals surface area contributed by atoms with Gasteiger partial charge in [-0.1, -0.05) is 23.9 Å². The van der Waals surface area contributed by atoms with E-state index in [2.05, 4.69) is 16.0 Å². The quantitative estimate of drug-likeness (QED) is 0.665. The maximum atomic E-state index is 12.5. The predicted molar refractivity (Wildman–Crippen MR) is 85.9 cm³/mol. The number of halogens is 2. The van der Waals surface area contributed by atoms with Gasteiger partial charge in [-0.3, -0.25) is 10.1 Å². The minimum Gasteiger partial charge on any atom is -0.467 e. The van der Waals surface area contributed by atoms with Gasteiger partial charge in [0.2, 0.25) is 5.91 Å². The van der Waals surface area contributed by atoms with Crippen molar-refractivity contribution >= 4 is 29.4 Å². The molecule has 0 saturated heterocycles. The van der Waals surface area contributed by atoms with Crippen LogP contribution < -0.4 is 16.0 Å². The molecule has 0 aliphatic carbocycles. The van der Waals surface area contributed by atoms with E-state index in [-0.39, 0.29) is 13.1 Å². The zero-order valence-corrected chi connectivity index (χ0v) is 13.2. The molecule has 6 nitrogen and oxygen atoms in total. The van der Waals surface area contributed by atoms with Gasteiger partial charge in [-0.2, -0.15) is 8.78 Å². The maximum absolute atomic E-state index is 12.5. The Kier molecular flexibility index (Phi) is 6.62. The molecule has 0 unspecified atom stereocenters. The number of carbonyl (C=O) groups is 2. The first-order valence-electron chi connectivity index (χ1n) is 6.92. The van der Waals surface area contributed by atoms with E-state index < -0.39 is 17.7 Å². The topological polar surface area (TPSA) is 83.4 Å². The number of benzene rings is 1. The molecule has 1 aromatic heterocycles. The molecule has 0 bridgehead atoms. The van der Waals surface area contributed by atoms with E-state index in [4.69, 9.17) is 4.42 Å². The Hall–Kier alpha value is -2.55. The average Bonchev–Trinajstić information content (AvgIpc) is 3.05. The summed E-state index contributed by atoms with van der Waals surface area (Å²) >= 11 is 0.380. The van der Waals surface area contributed by atoms with E-state index in [9.17, 15) is 18.4 Å². The molecule has 0 aliphatic heterocycles. The zero-order chi connectivity index (χ0) is 17.4. The van der Waals surface area contributed by atoms with Crippen molar-refractivity contribution in [2.75, 3.05) is 11.9 Å². The van der Waals surface area contributed by atoms with Crippen LogP contribution in [0, 0.1) is 0 Å². The van der Waals surface area contributed by atoms with E-state index in [1.165, 1.54) is 12.3 Å². The van der Waals surface area contributed by atoms with Gasteiger partial charge in [0.05, 0.1) is 19.4 Å². The predicted octanol–water partition coefficient (Wildman–Crippen LogP) is 3.03. The summed E-state index contributed by atoms with van der Waals surface area (Å²) in [6.07, 6.45) is 1.47. The summed E-state index contributed by atoms with van der Waals surface area (Å²) in [5, 5.41) is 7.31. The molecule has 0 spiro atoms. The van der Waals surface area contributed by atoms with E-state index in [0.717, 1.165) is 0 Å². The third-order valence-corrected chi connectivity index (χ3v) is 3.59. The fraction of sp³-hybridized carbons (Fsp3) is 0.200. The highest BCUT2D eigenvalue weighted by molar-refractivity contribution is 7.99. The molecule has 0 aliphatic rings. The lowest BCUT2D eigenvalue weighted by Crippen LogP contribution is -2.41. The molecule has 128 valence electrons. The van der Waals surface area contributed by atoms with Crippen molar-refractivity contribution in [3.8, 4) is 0 Å². The largest absolute Gasteiger partial charge is 0.467 e. The highest BCUT2D eigenvalue weighted by atomic mass is 32.2. The number of anilines is 1. The van der Waals surface area contributed by atoms with Crippen molar-refractivity contribution < 1.29 is 22.8 Å². The summed E-state index contributed by atoms with van der Waals surface area (Å²) in [6, 6.07) is 9.07. The number of nitrogens with one attached hydrogen (secondary N) is 3. The lowest BCUT2D eigenvalue weighted by atomic mass is 10.3. The second-order valence-electron chi connectivity index (χ2n) is 4.54. The maximum Gasteiger partial charge on any atom is 0.321 e. The molecule has 0 saturated carbocycles. The van der Waals surface area contributed by atoms with Gasteiger partial charge < -0.3 is 15.1 Å². The Bertz CT molecular complexity index is 680. The smallest absolute Gasteiger partial charge is 0.321 e. The number of imide groups is 1. The first-order valence-corrected chi connectivity index (χ1v) is 7.80. The summed E-state index contributed by atoms with van der Waals surface area (Å²) in [7, 11) is 0. The molecular weight excluding hydrogens is 340 g/mol. The van der Waals surface area contributed by atoms with Crippen molar-refractivity contribution in [1.82, 2.24) is 10.6 Å². The molecule has 2 aromatic rings. The summed E-state index contributed by atoms with van der Waals surface area (Å²) in [6.45, 7) is -0.0810. The van der Waals surface area contributed by atoms with Crippen molar-refractivity contribution in [3.05, 3.63) is 48.4 Å². The summed E-state index contributed by atoms with van der Waals surface area (Å²) in [5.41, 5.74) is 0.397. The number of hydrogen-bond donors (Lipinski definition) is 3. The van der Waals surface area contributed by atoms with Gasteiger partial charge in [-0.25, -0.2) is 4.79 Å². The SMILES string of the molecule is O=C(CNc1ccccc1SC(F)F)NC(=O)NCc1ccco1. The molecule has 24 heavy (non-hydrogen) atoms. The zero-order valence-electron chi connectivity index (χ0n) is 12.4. The number of thioether (sulfide) groups is 1. The van der Waals surface area contributed by atoms with Crippen LogP contribution >= 0.6 is 11.8 Å². The fourth-order valence-corrected chi connectivity index (χ4v) is 2.40. The van der Waals surface area contributed by atoms with Crippen LogP contribution in [0.3, 0.4) is 0 Å². The first-order chi connectivity index (χ1) is 11.5. The molecular formula is C15H15F2N3O3S. The molecule has 3 N–H and O–H groups in total. The van der Waals surface area contributed by atoms with E-state index >= 15 is 0 Å². The van der Waals surface area contributed by atoms with Crippen LogP contribution in [0.5, 0.6) is 0 Å². The standard InChI is InChI=1S/C15H15F2N3O3S/c16-14(17)24-12-6-2-1-5-11(12)18-9-13(21)20-15(22)19-8-10-4-3-7-23-10/h1-7,14,18H,8-9H2,(H2,19,20,21,22). The van der Waals surface area contributed by atoms with Crippen molar-refractivity contribution in [2.24, 2.45) is 0 Å². The van der Waals surface area contributed by atoms with E-state index in [1.807, 2.05) is 0 Å². The van der Waals surface area contributed by atoms with Crippen LogP contribution in [0.25, 0.3) is 0 Å². The Morgan fingerprint density at radius 2 is 1.96 bits per heavy atom. The Morgan fingerprint density at radius 3 is 2.67 bits per heavy atom. The monoisotopic (exact) mass is 355 g/mol. The van der Waals surface area contributed by atoms with Crippen molar-refractivity contribution in [2.45, 2.75) is 17.2 Å². The number of para-hydroxylation sites is 1. The first kappa shape index (κ1) is 17.8.